The molecule has 2 rings (SSSR count). The van der Waals surface area contributed by atoms with E-state index in [1.165, 1.54) is 11.8 Å². The fraction of sp³-hybridized carbons (Fsp3) is 0.500. The summed E-state index contributed by atoms with van der Waals surface area (Å²) in [6, 6.07) is 3.97. The molecule has 1 heterocycles. The van der Waals surface area contributed by atoms with Crippen molar-refractivity contribution in [1.82, 2.24) is 4.90 Å². The van der Waals surface area contributed by atoms with Crippen LogP contribution in [0, 0.1) is 5.82 Å². The molecule has 0 radical (unpaired) electrons. The van der Waals surface area contributed by atoms with Crippen LogP contribution in [0.3, 0.4) is 0 Å². The second kappa shape index (κ2) is 8.84. The fourth-order valence-corrected chi connectivity index (χ4v) is 4.08. The Bertz CT molecular complexity index is 603. The van der Waals surface area contributed by atoms with Crippen LogP contribution in [0.4, 0.5) is 4.39 Å². The Morgan fingerprint density at radius 3 is 2.91 bits per heavy atom. The third-order valence-corrected chi connectivity index (χ3v) is 5.40. The first-order valence-corrected chi connectivity index (χ1v) is 9.37. The molecule has 6 heteroatoms. The van der Waals surface area contributed by atoms with Crippen molar-refractivity contribution >= 4 is 33.2 Å². The molecule has 0 saturated carbocycles. The molecule has 1 aromatic heterocycles. The molecule has 1 aromatic carbocycles. The lowest BCUT2D eigenvalue weighted by Gasteiger charge is -2.15. The molecule has 0 spiro atoms. The Labute approximate surface area is 139 Å². The van der Waals surface area contributed by atoms with Crippen LogP contribution in [0.1, 0.15) is 5.56 Å². The number of thiophene rings is 1. The second-order valence-electron chi connectivity index (χ2n) is 5.11. The van der Waals surface area contributed by atoms with E-state index in [0.717, 1.165) is 27.1 Å². The molecule has 0 atom stereocenters. The van der Waals surface area contributed by atoms with Gasteiger partial charge in [0.15, 0.2) is 0 Å². The van der Waals surface area contributed by atoms with Crippen molar-refractivity contribution < 1.29 is 14.2 Å². The van der Waals surface area contributed by atoms with E-state index < -0.39 is 0 Å². The van der Waals surface area contributed by atoms with Gasteiger partial charge in [0.05, 0.1) is 29.4 Å². The predicted molar refractivity (Wildman–Crippen MR) is 92.7 cm³/mol. The lowest BCUT2D eigenvalue weighted by molar-refractivity contribution is 0.107. The predicted octanol–water partition coefficient (Wildman–Crippen LogP) is 3.25. The van der Waals surface area contributed by atoms with E-state index in [0.29, 0.717) is 26.2 Å². The highest BCUT2D eigenvalue weighted by Gasteiger charge is 2.13. The van der Waals surface area contributed by atoms with E-state index in [1.807, 2.05) is 35.7 Å². The number of nitrogens with zero attached hydrogens (tertiary/aromatic N) is 1. The molecule has 0 saturated heterocycles. The van der Waals surface area contributed by atoms with Crippen molar-refractivity contribution in [1.29, 1.82) is 0 Å². The van der Waals surface area contributed by atoms with Crippen LogP contribution < -0.4 is 0 Å². The normalized spacial score (nSPS) is 11.7. The average molecular weight is 343 g/mol. The number of rotatable bonds is 9. The van der Waals surface area contributed by atoms with Crippen LogP contribution in [0.15, 0.2) is 22.4 Å². The lowest BCUT2D eigenvalue weighted by Crippen LogP contribution is -2.26. The summed E-state index contributed by atoms with van der Waals surface area (Å²) in [5.74, 6) is -0.108. The molecule has 0 unspecified atom stereocenters. The molecular formula is C16H22FNO2S2. The third kappa shape index (κ3) is 4.43. The van der Waals surface area contributed by atoms with Gasteiger partial charge in [0.25, 0.3) is 0 Å². The highest BCUT2D eigenvalue weighted by Crippen LogP contribution is 2.35. The smallest absolute Gasteiger partial charge is 0.141 e. The lowest BCUT2D eigenvalue weighted by atomic mass is 10.1. The Balaban J connectivity index is 1.90. The van der Waals surface area contributed by atoms with Gasteiger partial charge in [0.1, 0.15) is 5.82 Å². The zero-order valence-corrected chi connectivity index (χ0v) is 14.6. The summed E-state index contributed by atoms with van der Waals surface area (Å²) in [6.07, 6.45) is 2.49. The average Bonchev–Trinajstić information content (AvgIpc) is 2.95. The minimum atomic E-state index is -0.108. The van der Waals surface area contributed by atoms with Crippen LogP contribution in [0.5, 0.6) is 0 Å². The van der Waals surface area contributed by atoms with E-state index in [2.05, 4.69) is 0 Å². The van der Waals surface area contributed by atoms with Crippen LogP contribution >= 0.6 is 23.1 Å². The maximum absolute atomic E-state index is 14.5. The van der Waals surface area contributed by atoms with Gasteiger partial charge in [-0.2, -0.15) is 0 Å². The quantitative estimate of drug-likeness (QED) is 0.560. The molecule has 22 heavy (non-hydrogen) atoms. The van der Waals surface area contributed by atoms with Gasteiger partial charge in [-0.3, -0.25) is 0 Å². The van der Waals surface area contributed by atoms with Crippen molar-refractivity contribution in [3.8, 4) is 0 Å². The first-order chi connectivity index (χ1) is 10.7. The van der Waals surface area contributed by atoms with E-state index in [1.54, 1.807) is 11.3 Å². The summed E-state index contributed by atoms with van der Waals surface area (Å²) in [5, 5.41) is 11.9. The van der Waals surface area contributed by atoms with Gasteiger partial charge < -0.3 is 14.7 Å². The standard InChI is InChI=1S/C16H22FNO2S2/c1-18(5-7-19)6-9-20-8-3-12-11-13-4-10-22-15(13)16(21-2)14(12)17/h4,10-11,19H,3,5-9H2,1-2H3. The van der Waals surface area contributed by atoms with E-state index in [9.17, 15) is 4.39 Å². The molecule has 0 fully saturated rings. The minimum absolute atomic E-state index is 0.108. The third-order valence-electron chi connectivity index (χ3n) is 3.53. The molecule has 0 aliphatic heterocycles. The SMILES string of the molecule is CSc1c(F)c(CCOCCN(C)CCO)cc2ccsc12. The Morgan fingerprint density at radius 2 is 2.18 bits per heavy atom. The molecule has 1 N–H and O–H groups in total. The van der Waals surface area contributed by atoms with Crippen molar-refractivity contribution in [2.24, 2.45) is 0 Å². The van der Waals surface area contributed by atoms with E-state index >= 15 is 0 Å². The number of hydrogen-bond acceptors (Lipinski definition) is 5. The number of ether oxygens (including phenoxy) is 1. The molecule has 3 nitrogen and oxygen atoms in total. The summed E-state index contributed by atoms with van der Waals surface area (Å²) < 4.78 is 21.1. The monoisotopic (exact) mass is 343 g/mol. The first-order valence-electron chi connectivity index (χ1n) is 7.27. The van der Waals surface area contributed by atoms with Crippen LogP contribution in [-0.4, -0.2) is 56.2 Å². The molecule has 0 aliphatic carbocycles. The number of likely N-dealkylation sites (N-methyl/N-ethyl adjacent to an activating group) is 1. The number of hydrogen-bond donors (Lipinski definition) is 1. The summed E-state index contributed by atoms with van der Waals surface area (Å²) in [5.41, 5.74) is 0.721. The largest absolute Gasteiger partial charge is 0.395 e. The number of halogens is 1. The maximum atomic E-state index is 14.5. The van der Waals surface area contributed by atoms with Crippen molar-refractivity contribution in [3.63, 3.8) is 0 Å². The molecule has 122 valence electrons. The van der Waals surface area contributed by atoms with Gasteiger partial charge in [-0.1, -0.05) is 0 Å². The summed E-state index contributed by atoms with van der Waals surface area (Å²) in [6.45, 7) is 2.66. The zero-order valence-electron chi connectivity index (χ0n) is 13.0. The number of thioether (sulfide) groups is 1. The van der Waals surface area contributed by atoms with Crippen molar-refractivity contribution in [2.75, 3.05) is 46.2 Å². The summed E-state index contributed by atoms with van der Waals surface area (Å²) in [7, 11) is 1.94. The Kier molecular flexibility index (Phi) is 7.11. The molecule has 2 aromatic rings. The Morgan fingerprint density at radius 1 is 1.36 bits per heavy atom. The topological polar surface area (TPSA) is 32.7 Å². The van der Waals surface area contributed by atoms with E-state index in [-0.39, 0.29) is 12.4 Å². The Hall–Kier alpha value is -0.660. The molecule has 0 aliphatic rings. The summed E-state index contributed by atoms with van der Waals surface area (Å²) in [4.78, 5) is 2.74. The number of fused-ring (bicyclic) bond motifs is 1. The van der Waals surface area contributed by atoms with Gasteiger partial charge in [-0.05, 0) is 48.2 Å². The zero-order chi connectivity index (χ0) is 15.9. The fourth-order valence-electron chi connectivity index (χ4n) is 2.27. The highest BCUT2D eigenvalue weighted by molar-refractivity contribution is 7.99. The number of aliphatic hydroxyl groups is 1. The van der Waals surface area contributed by atoms with Gasteiger partial charge >= 0.3 is 0 Å². The molecule has 0 amide bonds. The van der Waals surface area contributed by atoms with Crippen LogP contribution in [-0.2, 0) is 11.2 Å². The van der Waals surface area contributed by atoms with Gasteiger partial charge in [0.2, 0.25) is 0 Å². The molecular weight excluding hydrogens is 321 g/mol. The summed E-state index contributed by atoms with van der Waals surface area (Å²) >= 11 is 3.04. The molecule has 0 bridgehead atoms. The van der Waals surface area contributed by atoms with Crippen LogP contribution in [0.25, 0.3) is 10.1 Å². The van der Waals surface area contributed by atoms with Crippen molar-refractivity contribution in [2.45, 2.75) is 11.3 Å². The van der Waals surface area contributed by atoms with Crippen molar-refractivity contribution in [3.05, 3.63) is 28.9 Å². The van der Waals surface area contributed by atoms with Gasteiger partial charge in [-0.15, -0.1) is 23.1 Å². The first kappa shape index (κ1) is 17.7. The van der Waals surface area contributed by atoms with E-state index in [4.69, 9.17) is 9.84 Å². The minimum Gasteiger partial charge on any atom is -0.395 e. The second-order valence-corrected chi connectivity index (χ2v) is 6.84. The highest BCUT2D eigenvalue weighted by atomic mass is 32.2. The number of aliphatic hydroxyl groups excluding tert-OH is 1. The van der Waals surface area contributed by atoms with Gasteiger partial charge in [0, 0.05) is 13.1 Å². The van der Waals surface area contributed by atoms with Crippen LogP contribution in [0.2, 0.25) is 0 Å². The number of benzene rings is 1. The van der Waals surface area contributed by atoms with Gasteiger partial charge in [-0.25, -0.2) is 4.39 Å². The maximum Gasteiger partial charge on any atom is 0.141 e.